The summed E-state index contributed by atoms with van der Waals surface area (Å²) in [5.41, 5.74) is 0.615. The van der Waals surface area contributed by atoms with Gasteiger partial charge < -0.3 is 9.47 Å². The zero-order valence-corrected chi connectivity index (χ0v) is 18.0. The van der Waals surface area contributed by atoms with E-state index in [1.54, 1.807) is 28.4 Å². The summed E-state index contributed by atoms with van der Waals surface area (Å²) in [6.07, 6.45) is 1.90. The fraction of sp³-hybridized carbons (Fsp3) is 0.250. The smallest absolute Gasteiger partial charge is 0.270 e. The highest BCUT2D eigenvalue weighted by Crippen LogP contribution is 2.22. The van der Waals surface area contributed by atoms with Crippen molar-refractivity contribution in [1.29, 1.82) is 0 Å². The number of piperazine rings is 1. The van der Waals surface area contributed by atoms with Crippen LogP contribution in [0.4, 0.5) is 0 Å². The molecule has 1 fully saturated rings. The second-order valence-corrected chi connectivity index (χ2v) is 10.2. The van der Waals surface area contributed by atoms with Crippen LogP contribution in [0, 0.1) is 0 Å². The van der Waals surface area contributed by atoms with Gasteiger partial charge in [0.05, 0.1) is 11.4 Å². The summed E-state index contributed by atoms with van der Waals surface area (Å²) in [7, 11) is -3.62. The average Bonchev–Trinajstić information content (AvgIpc) is 3.40. The molecule has 0 spiro atoms. The lowest BCUT2D eigenvalue weighted by molar-refractivity contribution is 0.0687. The van der Waals surface area contributed by atoms with Gasteiger partial charge in [0.1, 0.15) is 5.69 Å². The second-order valence-electron chi connectivity index (χ2n) is 6.75. The largest absolute Gasteiger partial charge is 0.338 e. The first-order valence-corrected chi connectivity index (χ1v) is 11.9. The van der Waals surface area contributed by atoms with Crippen molar-refractivity contribution in [3.8, 4) is 0 Å². The number of sulfonamides is 1. The van der Waals surface area contributed by atoms with Crippen LogP contribution in [0.3, 0.4) is 0 Å². The Morgan fingerprint density at radius 3 is 2.52 bits per heavy atom. The second kappa shape index (κ2) is 8.31. The maximum Gasteiger partial charge on any atom is 0.270 e. The predicted molar refractivity (Wildman–Crippen MR) is 114 cm³/mol. The number of hydrogen-bond donors (Lipinski definition) is 0. The van der Waals surface area contributed by atoms with Gasteiger partial charge >= 0.3 is 0 Å². The molecule has 0 radical (unpaired) electrons. The molecule has 1 amide bonds. The number of carbonyl (C=O) groups excluding carboxylic acids is 1. The zero-order valence-electron chi connectivity index (χ0n) is 15.6. The van der Waals surface area contributed by atoms with E-state index in [4.69, 9.17) is 11.6 Å². The molecular weight excluding hydrogens is 430 g/mol. The Kier molecular flexibility index (Phi) is 5.78. The summed E-state index contributed by atoms with van der Waals surface area (Å²) in [6, 6.07) is 14.0. The zero-order chi connectivity index (χ0) is 20.4. The van der Waals surface area contributed by atoms with Crippen LogP contribution < -0.4 is 0 Å². The van der Waals surface area contributed by atoms with Crippen molar-refractivity contribution in [3.63, 3.8) is 0 Å². The van der Waals surface area contributed by atoms with Crippen LogP contribution in [0.1, 0.15) is 15.4 Å². The fourth-order valence-electron chi connectivity index (χ4n) is 3.39. The minimum Gasteiger partial charge on any atom is -0.338 e. The molecule has 0 aliphatic carbocycles. The molecule has 1 saturated heterocycles. The molecule has 1 aromatic carbocycles. The Morgan fingerprint density at radius 1 is 1.03 bits per heavy atom. The van der Waals surface area contributed by atoms with Crippen LogP contribution in [0.5, 0.6) is 0 Å². The van der Waals surface area contributed by atoms with Crippen LogP contribution in [-0.2, 0) is 16.6 Å². The number of halogens is 1. The van der Waals surface area contributed by atoms with Gasteiger partial charge in [0.2, 0.25) is 10.0 Å². The van der Waals surface area contributed by atoms with Gasteiger partial charge in [-0.1, -0.05) is 23.7 Å². The van der Waals surface area contributed by atoms with E-state index >= 15 is 0 Å². The van der Waals surface area contributed by atoms with E-state index in [1.165, 1.54) is 21.3 Å². The number of benzene rings is 1. The number of nitrogens with zero attached hydrogens (tertiary/aromatic N) is 3. The molecule has 0 bridgehead atoms. The molecule has 2 aromatic heterocycles. The Balaban J connectivity index is 1.44. The number of amides is 1. The van der Waals surface area contributed by atoms with E-state index in [2.05, 4.69) is 0 Å². The van der Waals surface area contributed by atoms with Crippen molar-refractivity contribution in [1.82, 2.24) is 13.8 Å². The van der Waals surface area contributed by atoms with Gasteiger partial charge in [-0.3, -0.25) is 4.79 Å². The molecule has 3 heterocycles. The van der Waals surface area contributed by atoms with Crippen molar-refractivity contribution >= 4 is 38.9 Å². The third-order valence-corrected chi connectivity index (χ3v) is 7.91. The molecule has 0 unspecified atom stereocenters. The summed E-state index contributed by atoms with van der Waals surface area (Å²) in [4.78, 5) is 16.1. The number of aromatic nitrogens is 1. The Labute approximate surface area is 179 Å². The highest BCUT2D eigenvalue weighted by molar-refractivity contribution is 7.89. The lowest BCUT2D eigenvalue weighted by atomic mass is 10.3. The summed E-state index contributed by atoms with van der Waals surface area (Å²) in [5, 5.41) is 2.39. The van der Waals surface area contributed by atoms with Crippen LogP contribution in [0.2, 0.25) is 5.02 Å². The van der Waals surface area contributed by atoms with E-state index in [0.717, 1.165) is 0 Å². The van der Waals surface area contributed by atoms with Gasteiger partial charge in [-0.15, -0.1) is 11.3 Å². The van der Waals surface area contributed by atoms with Crippen LogP contribution in [-0.4, -0.2) is 54.3 Å². The van der Waals surface area contributed by atoms with Crippen molar-refractivity contribution in [2.24, 2.45) is 0 Å². The first-order valence-electron chi connectivity index (χ1n) is 9.18. The third kappa shape index (κ3) is 4.25. The van der Waals surface area contributed by atoms with Gasteiger partial charge in [-0.05, 0) is 41.8 Å². The van der Waals surface area contributed by atoms with Gasteiger partial charge in [-0.2, -0.15) is 4.31 Å². The third-order valence-electron chi connectivity index (χ3n) is 4.91. The molecule has 9 heteroatoms. The van der Waals surface area contributed by atoms with Crippen molar-refractivity contribution in [3.05, 3.63) is 75.7 Å². The maximum absolute atomic E-state index is 13.0. The summed E-state index contributed by atoms with van der Waals surface area (Å²) in [6.45, 7) is 1.86. The summed E-state index contributed by atoms with van der Waals surface area (Å²) >= 11 is 7.59. The van der Waals surface area contributed by atoms with E-state index in [0.29, 0.717) is 30.4 Å². The van der Waals surface area contributed by atoms with Gasteiger partial charge in [-0.25, -0.2) is 8.42 Å². The molecular formula is C20H20ClN3O3S2. The standard InChI is InChI=1S/C20H20ClN3O3S2/c21-16-4-1-6-18(14-16)29(26,27)24-11-9-22(10-12-24)20(25)19-7-2-8-23(19)15-17-5-3-13-28-17/h1-8,13-14H,9-12,15H2. The van der Waals surface area contributed by atoms with Crippen molar-refractivity contribution in [2.75, 3.05) is 26.2 Å². The summed E-state index contributed by atoms with van der Waals surface area (Å²) in [5.74, 6) is -0.0774. The molecule has 0 saturated carbocycles. The minimum absolute atomic E-state index is 0.0774. The molecule has 29 heavy (non-hydrogen) atoms. The van der Waals surface area contributed by atoms with Gasteiger partial charge in [0, 0.05) is 42.3 Å². The summed E-state index contributed by atoms with van der Waals surface area (Å²) < 4.78 is 29.0. The van der Waals surface area contributed by atoms with E-state index in [1.807, 2.05) is 40.4 Å². The lowest BCUT2D eigenvalue weighted by Crippen LogP contribution is -2.50. The fourth-order valence-corrected chi connectivity index (χ4v) is 5.81. The van der Waals surface area contributed by atoms with Gasteiger partial charge in [0.15, 0.2) is 0 Å². The normalized spacial score (nSPS) is 15.6. The Morgan fingerprint density at radius 2 is 1.83 bits per heavy atom. The molecule has 4 rings (SSSR count). The lowest BCUT2D eigenvalue weighted by Gasteiger charge is -2.34. The first kappa shape index (κ1) is 20.2. The van der Waals surface area contributed by atoms with E-state index in [9.17, 15) is 13.2 Å². The van der Waals surface area contributed by atoms with E-state index < -0.39 is 10.0 Å². The first-order chi connectivity index (χ1) is 13.9. The molecule has 1 aliphatic heterocycles. The predicted octanol–water partition coefficient (Wildman–Crippen LogP) is 3.40. The molecule has 3 aromatic rings. The molecule has 0 atom stereocenters. The van der Waals surface area contributed by atoms with Crippen molar-refractivity contribution < 1.29 is 13.2 Å². The quantitative estimate of drug-likeness (QED) is 0.599. The average molecular weight is 450 g/mol. The van der Waals surface area contributed by atoms with E-state index in [-0.39, 0.29) is 23.9 Å². The van der Waals surface area contributed by atoms with Crippen LogP contribution in [0.25, 0.3) is 0 Å². The number of carbonyl (C=O) groups is 1. The number of hydrogen-bond acceptors (Lipinski definition) is 4. The minimum atomic E-state index is -3.62. The van der Waals surface area contributed by atoms with Crippen LogP contribution >= 0.6 is 22.9 Å². The topological polar surface area (TPSA) is 62.6 Å². The Bertz CT molecular complexity index is 1100. The molecule has 1 aliphatic rings. The highest BCUT2D eigenvalue weighted by Gasteiger charge is 2.31. The highest BCUT2D eigenvalue weighted by atomic mass is 35.5. The maximum atomic E-state index is 13.0. The van der Waals surface area contributed by atoms with Crippen LogP contribution in [0.15, 0.2) is 65.0 Å². The monoisotopic (exact) mass is 449 g/mol. The number of rotatable bonds is 5. The number of thiophene rings is 1. The molecule has 152 valence electrons. The molecule has 6 nitrogen and oxygen atoms in total. The van der Waals surface area contributed by atoms with Gasteiger partial charge in [0.25, 0.3) is 5.91 Å². The van der Waals surface area contributed by atoms with Crippen molar-refractivity contribution in [2.45, 2.75) is 11.4 Å². The molecule has 0 N–H and O–H groups in total. The SMILES string of the molecule is O=C(c1cccn1Cc1cccs1)N1CCN(S(=O)(=O)c2cccc(Cl)c2)CC1. The Hall–Kier alpha value is -2.13.